The van der Waals surface area contributed by atoms with Crippen molar-refractivity contribution in [3.8, 4) is 0 Å². The number of carbonyl (C=O) groups excluding carboxylic acids is 5. The molecule has 2 rings (SSSR count). The quantitative estimate of drug-likeness (QED) is 0.295. The molecule has 2 N–H and O–H groups in total. The Kier molecular flexibility index (Phi) is 8.76. The van der Waals surface area contributed by atoms with Crippen molar-refractivity contribution in [1.82, 2.24) is 9.78 Å². The fraction of sp³-hybridized carbons (Fsp3) is 0.579. The molecule has 182 valence electrons. The molecule has 1 aromatic heterocycles. The molecular formula is C19H24ClN3O10. The lowest BCUT2D eigenvalue weighted by molar-refractivity contribution is -0.270. The van der Waals surface area contributed by atoms with Gasteiger partial charge in [-0.2, -0.15) is 5.10 Å². The van der Waals surface area contributed by atoms with E-state index in [1.54, 1.807) is 0 Å². The van der Waals surface area contributed by atoms with Crippen molar-refractivity contribution in [2.75, 3.05) is 6.61 Å². The highest BCUT2D eigenvalue weighted by Crippen LogP contribution is 2.35. The topological polar surface area (TPSA) is 175 Å². The van der Waals surface area contributed by atoms with Crippen LogP contribution in [0.1, 0.15) is 50.1 Å². The third kappa shape index (κ3) is 6.65. The number of amides is 1. The fourth-order valence-electron chi connectivity index (χ4n) is 3.29. The minimum absolute atomic E-state index is 0.0848. The summed E-state index contributed by atoms with van der Waals surface area (Å²) in [6.45, 7) is 4.01. The number of ether oxygens (including phenoxy) is 5. The maximum Gasteiger partial charge on any atom is 0.303 e. The Morgan fingerprint density at radius 2 is 1.52 bits per heavy atom. The van der Waals surface area contributed by atoms with E-state index in [0.29, 0.717) is 0 Å². The minimum Gasteiger partial charge on any atom is -0.463 e. The lowest BCUT2D eigenvalue weighted by atomic mass is 9.97. The zero-order chi connectivity index (χ0) is 24.9. The Morgan fingerprint density at radius 1 is 0.970 bits per heavy atom. The molecule has 2 heterocycles. The molecule has 1 aromatic rings. The van der Waals surface area contributed by atoms with E-state index >= 15 is 0 Å². The Hall–Kier alpha value is -3.19. The van der Waals surface area contributed by atoms with Gasteiger partial charge in [0.1, 0.15) is 18.4 Å². The Labute approximate surface area is 193 Å². The van der Waals surface area contributed by atoms with Crippen LogP contribution in [-0.2, 0) is 48.7 Å². The van der Waals surface area contributed by atoms with Crippen molar-refractivity contribution in [2.45, 2.75) is 64.2 Å². The SMILES string of the molecule is CC(=O)OC[C@H]1OC(n2nc(CCl)cc2C(N)=O)[C@H](OC(C)=O)[C@@H](OC(C)=O)[C@@H]1OC(C)=O. The lowest BCUT2D eigenvalue weighted by Gasteiger charge is -2.44. The number of hydrogen-bond acceptors (Lipinski definition) is 11. The van der Waals surface area contributed by atoms with Crippen LogP contribution < -0.4 is 5.73 Å². The van der Waals surface area contributed by atoms with Crippen molar-refractivity contribution in [2.24, 2.45) is 5.73 Å². The smallest absolute Gasteiger partial charge is 0.303 e. The van der Waals surface area contributed by atoms with Crippen molar-refractivity contribution in [1.29, 1.82) is 0 Å². The van der Waals surface area contributed by atoms with Crippen LogP contribution in [0.5, 0.6) is 0 Å². The summed E-state index contributed by atoms with van der Waals surface area (Å²) in [7, 11) is 0. The summed E-state index contributed by atoms with van der Waals surface area (Å²) in [5.41, 5.74) is 5.55. The molecule has 1 saturated heterocycles. The van der Waals surface area contributed by atoms with Gasteiger partial charge in [-0.3, -0.25) is 24.0 Å². The molecule has 0 spiro atoms. The maximum atomic E-state index is 12.0. The largest absolute Gasteiger partial charge is 0.463 e. The highest BCUT2D eigenvalue weighted by Gasteiger charge is 2.53. The van der Waals surface area contributed by atoms with E-state index in [4.69, 9.17) is 41.0 Å². The second-order valence-electron chi connectivity index (χ2n) is 7.05. The van der Waals surface area contributed by atoms with E-state index in [1.807, 2.05) is 0 Å². The number of nitrogens with zero attached hydrogens (tertiary/aromatic N) is 2. The number of nitrogens with two attached hydrogens (primary N) is 1. The molecule has 14 heteroatoms. The molecular weight excluding hydrogens is 466 g/mol. The second-order valence-corrected chi connectivity index (χ2v) is 7.32. The number of hydrogen-bond donors (Lipinski definition) is 1. The second kappa shape index (κ2) is 11.1. The average Bonchev–Trinajstić information content (AvgIpc) is 3.13. The van der Waals surface area contributed by atoms with Gasteiger partial charge < -0.3 is 29.4 Å². The van der Waals surface area contributed by atoms with E-state index in [2.05, 4.69) is 5.10 Å². The molecule has 0 radical (unpaired) electrons. The summed E-state index contributed by atoms with van der Waals surface area (Å²) in [4.78, 5) is 58.9. The monoisotopic (exact) mass is 489 g/mol. The highest BCUT2D eigenvalue weighted by molar-refractivity contribution is 6.17. The van der Waals surface area contributed by atoms with Crippen molar-refractivity contribution < 1.29 is 47.7 Å². The van der Waals surface area contributed by atoms with Gasteiger partial charge in [-0.25, -0.2) is 4.68 Å². The van der Waals surface area contributed by atoms with Gasteiger partial charge in [-0.1, -0.05) is 0 Å². The summed E-state index contributed by atoms with van der Waals surface area (Å²) in [5, 5.41) is 4.17. The first-order chi connectivity index (χ1) is 15.4. The third-order valence-electron chi connectivity index (χ3n) is 4.38. The van der Waals surface area contributed by atoms with Crippen molar-refractivity contribution in [3.63, 3.8) is 0 Å². The van der Waals surface area contributed by atoms with Crippen molar-refractivity contribution >= 4 is 41.4 Å². The molecule has 0 bridgehead atoms. The Morgan fingerprint density at radius 3 is 2.00 bits per heavy atom. The average molecular weight is 490 g/mol. The number of halogens is 1. The van der Waals surface area contributed by atoms with Crippen LogP contribution in [0.2, 0.25) is 0 Å². The van der Waals surface area contributed by atoms with Crippen LogP contribution in [0.3, 0.4) is 0 Å². The van der Waals surface area contributed by atoms with Crippen LogP contribution in [-0.4, -0.2) is 70.6 Å². The molecule has 1 aliphatic rings. The number of carbonyl (C=O) groups is 5. The zero-order valence-electron chi connectivity index (χ0n) is 18.3. The summed E-state index contributed by atoms with van der Waals surface area (Å²) >= 11 is 5.83. The van der Waals surface area contributed by atoms with Crippen LogP contribution in [0.25, 0.3) is 0 Å². The van der Waals surface area contributed by atoms with E-state index in [0.717, 1.165) is 32.4 Å². The summed E-state index contributed by atoms with van der Waals surface area (Å²) < 4.78 is 27.9. The van der Waals surface area contributed by atoms with Crippen LogP contribution in [0, 0.1) is 0 Å². The number of aromatic nitrogens is 2. The molecule has 0 saturated carbocycles. The summed E-state index contributed by atoms with van der Waals surface area (Å²) in [5.74, 6) is -4.00. The van der Waals surface area contributed by atoms with Crippen molar-refractivity contribution in [3.05, 3.63) is 17.5 Å². The van der Waals surface area contributed by atoms with Gasteiger partial charge in [-0.05, 0) is 6.07 Å². The first-order valence-corrected chi connectivity index (χ1v) is 10.2. The highest BCUT2D eigenvalue weighted by atomic mass is 35.5. The number of esters is 4. The molecule has 0 aliphatic carbocycles. The summed E-state index contributed by atoms with van der Waals surface area (Å²) in [6, 6.07) is 1.31. The number of primary amides is 1. The van der Waals surface area contributed by atoms with Gasteiger partial charge >= 0.3 is 23.9 Å². The van der Waals surface area contributed by atoms with Gasteiger partial charge in [0, 0.05) is 27.7 Å². The van der Waals surface area contributed by atoms with E-state index in [9.17, 15) is 24.0 Å². The molecule has 1 unspecified atom stereocenters. The Bertz CT molecular complexity index is 933. The van der Waals surface area contributed by atoms with Gasteiger partial charge in [0.2, 0.25) is 0 Å². The first-order valence-electron chi connectivity index (χ1n) is 9.69. The fourth-order valence-corrected chi connectivity index (χ4v) is 3.42. The molecule has 13 nitrogen and oxygen atoms in total. The molecule has 1 amide bonds. The molecule has 1 fully saturated rings. The van der Waals surface area contributed by atoms with Gasteiger partial charge in [0.25, 0.3) is 5.91 Å². The molecule has 33 heavy (non-hydrogen) atoms. The standard InChI is InChI=1S/C19H24ClN3O10/c1-8(24)29-7-14-15(30-9(2)25)16(31-10(3)26)17(32-11(4)27)19(33-14)23-13(18(21)28)5-12(6-20)22-23/h5,14-17,19H,6-7H2,1-4H3,(H2,21,28)/t14-,15-,16+,17-,19?/m1/s1. The maximum absolute atomic E-state index is 12.0. The lowest BCUT2D eigenvalue weighted by Crippen LogP contribution is -2.61. The molecule has 1 aliphatic heterocycles. The van der Waals surface area contributed by atoms with Crippen LogP contribution in [0.15, 0.2) is 6.07 Å². The van der Waals surface area contributed by atoms with E-state index in [1.165, 1.54) is 6.07 Å². The zero-order valence-corrected chi connectivity index (χ0v) is 19.1. The van der Waals surface area contributed by atoms with E-state index < -0.39 is 67.0 Å². The van der Waals surface area contributed by atoms with E-state index in [-0.39, 0.29) is 17.3 Å². The predicted molar refractivity (Wildman–Crippen MR) is 108 cm³/mol. The molecule has 5 atom stereocenters. The minimum atomic E-state index is -1.44. The third-order valence-corrected chi connectivity index (χ3v) is 4.66. The summed E-state index contributed by atoms with van der Waals surface area (Å²) in [6.07, 6.45) is -6.80. The van der Waals surface area contributed by atoms with Crippen LogP contribution in [0.4, 0.5) is 0 Å². The number of alkyl halides is 1. The Balaban J connectivity index is 2.65. The van der Waals surface area contributed by atoms with Gasteiger partial charge in [0.15, 0.2) is 24.5 Å². The van der Waals surface area contributed by atoms with Gasteiger partial charge in [-0.15, -0.1) is 11.6 Å². The van der Waals surface area contributed by atoms with Crippen LogP contribution >= 0.6 is 11.6 Å². The first kappa shape index (κ1) is 26.1. The van der Waals surface area contributed by atoms with Gasteiger partial charge in [0.05, 0.1) is 11.6 Å². The molecule has 0 aromatic carbocycles. The number of rotatable bonds is 8. The normalized spacial score (nSPS) is 24.5. The predicted octanol–water partition coefficient (Wildman–Crippen LogP) is -0.0236.